The van der Waals surface area contributed by atoms with Gasteiger partial charge in [-0.1, -0.05) is 42.5 Å². The normalized spacial score (nSPS) is 20.8. The molecule has 1 unspecified atom stereocenters. The zero-order valence-electron chi connectivity index (χ0n) is 28.8. The summed E-state index contributed by atoms with van der Waals surface area (Å²) in [7, 11) is 0. The number of β-amino-alcohol motifs (C(OH)–C–C–N with tert-alkyl or cyclic N) is 1. The fraction of sp³-hybridized carbons (Fsp3) is 0.425. The SMILES string of the molecule is O=C(/C=C/CCC1(COc2ccc(/C(=C(/CC(F)(F)F)c3ccccc3)c3ccc4c(c3)c(F)nn4C3CCCCO3)cn2)CC1)N1CC[C@H](O)C1. The average Bonchev–Trinajstić information content (AvgIpc) is 3.66. The van der Waals surface area contributed by atoms with Crippen molar-refractivity contribution in [3.05, 3.63) is 102 Å². The lowest BCUT2D eigenvalue weighted by Crippen LogP contribution is -2.27. The predicted octanol–water partition coefficient (Wildman–Crippen LogP) is 8.27. The number of allylic oxidation sites excluding steroid dienone is 2. The van der Waals surface area contributed by atoms with E-state index in [1.54, 1.807) is 71.6 Å². The molecule has 7 rings (SSSR count). The second-order valence-corrected chi connectivity index (χ2v) is 14.1. The number of nitrogens with zero attached hydrogens (tertiary/aromatic N) is 4. The number of amides is 1. The van der Waals surface area contributed by atoms with Crippen LogP contribution in [-0.2, 0) is 9.53 Å². The summed E-state index contributed by atoms with van der Waals surface area (Å²) in [6, 6.07) is 16.7. The van der Waals surface area contributed by atoms with Gasteiger partial charge in [-0.2, -0.15) is 17.6 Å². The molecule has 3 fully saturated rings. The lowest BCUT2D eigenvalue weighted by Gasteiger charge is -2.23. The summed E-state index contributed by atoms with van der Waals surface area (Å²) < 4.78 is 71.6. The smallest absolute Gasteiger partial charge is 0.393 e. The molecule has 12 heteroatoms. The number of ether oxygens (including phenoxy) is 2. The van der Waals surface area contributed by atoms with E-state index in [9.17, 15) is 23.1 Å². The number of hydrogen-bond acceptors (Lipinski definition) is 6. The number of likely N-dealkylation sites (tertiary alicyclic amines) is 1. The molecule has 2 saturated heterocycles. The molecule has 274 valence electrons. The molecule has 4 aromatic rings. The summed E-state index contributed by atoms with van der Waals surface area (Å²) in [6.45, 7) is 1.91. The average molecular weight is 719 g/mol. The number of halogens is 4. The fourth-order valence-corrected chi connectivity index (χ4v) is 7.19. The molecule has 2 aliphatic heterocycles. The maximum absolute atomic E-state index is 15.4. The quantitative estimate of drug-likeness (QED) is 0.0902. The highest BCUT2D eigenvalue weighted by atomic mass is 19.4. The Bertz CT molecular complexity index is 1930. The molecule has 0 radical (unpaired) electrons. The van der Waals surface area contributed by atoms with Gasteiger partial charge in [0.15, 0.2) is 6.23 Å². The number of aliphatic hydroxyl groups excluding tert-OH is 1. The highest BCUT2D eigenvalue weighted by Gasteiger charge is 2.42. The number of alkyl halides is 3. The van der Waals surface area contributed by atoms with Gasteiger partial charge in [0, 0.05) is 42.9 Å². The molecule has 2 aromatic heterocycles. The summed E-state index contributed by atoms with van der Waals surface area (Å²) in [4.78, 5) is 18.5. The molecule has 1 N–H and O–H groups in total. The van der Waals surface area contributed by atoms with E-state index in [0.717, 1.165) is 32.1 Å². The van der Waals surface area contributed by atoms with Crippen molar-refractivity contribution in [2.45, 2.75) is 76.3 Å². The van der Waals surface area contributed by atoms with Crippen LogP contribution in [0.3, 0.4) is 0 Å². The Morgan fingerprint density at radius 1 is 1.04 bits per heavy atom. The van der Waals surface area contributed by atoms with Crippen molar-refractivity contribution >= 4 is 28.0 Å². The topological polar surface area (TPSA) is 89.7 Å². The molecular weight excluding hydrogens is 676 g/mol. The van der Waals surface area contributed by atoms with Gasteiger partial charge in [0.1, 0.15) is 0 Å². The van der Waals surface area contributed by atoms with Gasteiger partial charge in [-0.25, -0.2) is 9.67 Å². The number of pyridine rings is 1. The molecule has 0 bridgehead atoms. The second-order valence-electron chi connectivity index (χ2n) is 14.1. The molecule has 1 amide bonds. The van der Waals surface area contributed by atoms with E-state index in [-0.39, 0.29) is 27.9 Å². The standard InChI is InChI=1S/C40H42F4N4O4/c41-38-31-22-28(12-14-33(31)48(46-38)36-11-5-7-21-51-36)37(32(23-40(42,43)44)27-8-2-1-3-9-27)29-13-15-34(45-24-29)52-26-39(18-19-39)17-6-4-10-35(50)47-20-16-30(49)25-47/h1-4,8-10,12-15,22,24,30,36,49H,5-7,11,16-21,23,25-26H2/b10-4+,37-32-/t30-,36?/m0/s1. The minimum absolute atomic E-state index is 0.0254. The minimum Gasteiger partial charge on any atom is -0.477 e. The molecule has 2 atom stereocenters. The van der Waals surface area contributed by atoms with E-state index in [4.69, 9.17) is 9.47 Å². The molecular formula is C40H42F4N4O4. The van der Waals surface area contributed by atoms with Crippen LogP contribution in [-0.4, -0.2) is 69.3 Å². The molecule has 3 aliphatic rings. The first-order valence-corrected chi connectivity index (χ1v) is 18.0. The number of benzene rings is 2. The number of carbonyl (C=O) groups excluding carboxylic acids is 1. The first kappa shape index (κ1) is 35.8. The van der Waals surface area contributed by atoms with Crippen LogP contribution in [0.4, 0.5) is 17.6 Å². The van der Waals surface area contributed by atoms with Crippen molar-refractivity contribution in [2.75, 3.05) is 26.3 Å². The lowest BCUT2D eigenvalue weighted by molar-refractivity contribution is -0.125. The summed E-state index contributed by atoms with van der Waals surface area (Å²) in [5.74, 6) is -0.456. The van der Waals surface area contributed by atoms with Gasteiger partial charge in [0.25, 0.3) is 0 Å². The van der Waals surface area contributed by atoms with Crippen molar-refractivity contribution in [1.29, 1.82) is 0 Å². The monoisotopic (exact) mass is 718 g/mol. The predicted molar refractivity (Wildman–Crippen MR) is 189 cm³/mol. The second kappa shape index (κ2) is 15.2. The molecule has 52 heavy (non-hydrogen) atoms. The maximum Gasteiger partial charge on any atom is 0.393 e. The highest BCUT2D eigenvalue weighted by molar-refractivity contribution is 6.00. The largest absolute Gasteiger partial charge is 0.477 e. The van der Waals surface area contributed by atoms with Crippen LogP contribution in [0.25, 0.3) is 22.0 Å². The van der Waals surface area contributed by atoms with Gasteiger partial charge < -0.3 is 19.5 Å². The third-order valence-electron chi connectivity index (χ3n) is 10.3. The number of fused-ring (bicyclic) bond motifs is 1. The van der Waals surface area contributed by atoms with Crippen LogP contribution in [0.2, 0.25) is 0 Å². The molecule has 1 saturated carbocycles. The summed E-state index contributed by atoms with van der Waals surface area (Å²) in [5, 5.41) is 14.0. The first-order chi connectivity index (χ1) is 25.1. The van der Waals surface area contributed by atoms with E-state index in [0.29, 0.717) is 73.7 Å². The van der Waals surface area contributed by atoms with Crippen molar-refractivity contribution in [1.82, 2.24) is 19.7 Å². The van der Waals surface area contributed by atoms with Crippen LogP contribution in [0.1, 0.15) is 80.7 Å². The van der Waals surface area contributed by atoms with Crippen molar-refractivity contribution in [3.8, 4) is 5.88 Å². The van der Waals surface area contributed by atoms with E-state index in [1.165, 1.54) is 10.9 Å². The number of rotatable bonds is 12. The zero-order valence-corrected chi connectivity index (χ0v) is 28.8. The highest BCUT2D eigenvalue weighted by Crippen LogP contribution is 2.50. The summed E-state index contributed by atoms with van der Waals surface area (Å²) in [6.07, 6.45) is 5.03. The molecule has 4 heterocycles. The fourth-order valence-electron chi connectivity index (χ4n) is 7.19. The van der Waals surface area contributed by atoms with Gasteiger partial charge in [-0.05, 0) is 97.9 Å². The Labute approximate surface area is 299 Å². The van der Waals surface area contributed by atoms with Gasteiger partial charge in [0.05, 0.1) is 30.0 Å². The van der Waals surface area contributed by atoms with Crippen molar-refractivity contribution in [2.24, 2.45) is 5.41 Å². The van der Waals surface area contributed by atoms with E-state index < -0.39 is 30.9 Å². The van der Waals surface area contributed by atoms with Gasteiger partial charge >= 0.3 is 6.18 Å². The van der Waals surface area contributed by atoms with E-state index in [1.807, 2.05) is 6.08 Å². The molecule has 2 aromatic carbocycles. The number of aromatic nitrogens is 3. The van der Waals surface area contributed by atoms with Gasteiger partial charge in [0.2, 0.25) is 17.7 Å². The summed E-state index contributed by atoms with van der Waals surface area (Å²) >= 11 is 0. The zero-order chi connectivity index (χ0) is 36.3. The Morgan fingerprint density at radius 3 is 2.52 bits per heavy atom. The van der Waals surface area contributed by atoms with Crippen molar-refractivity contribution in [3.63, 3.8) is 0 Å². The van der Waals surface area contributed by atoms with Crippen molar-refractivity contribution < 1.29 is 36.9 Å². The molecule has 8 nitrogen and oxygen atoms in total. The number of aliphatic hydroxyl groups is 1. The maximum atomic E-state index is 15.4. The summed E-state index contributed by atoms with van der Waals surface area (Å²) in [5.41, 5.74) is 2.03. The molecule has 0 spiro atoms. The van der Waals surface area contributed by atoms with Crippen LogP contribution in [0, 0.1) is 11.4 Å². The minimum atomic E-state index is -4.52. The van der Waals surface area contributed by atoms with Crippen LogP contribution < -0.4 is 4.74 Å². The number of carbonyl (C=O) groups is 1. The van der Waals surface area contributed by atoms with E-state index in [2.05, 4.69) is 10.1 Å². The Balaban J connectivity index is 1.14. The van der Waals surface area contributed by atoms with Crippen LogP contribution >= 0.6 is 0 Å². The first-order valence-electron chi connectivity index (χ1n) is 18.0. The van der Waals surface area contributed by atoms with Gasteiger partial charge in [-0.15, -0.1) is 5.10 Å². The number of hydrogen-bond donors (Lipinski definition) is 1. The lowest BCUT2D eigenvalue weighted by atomic mass is 9.88. The van der Waals surface area contributed by atoms with E-state index >= 15 is 4.39 Å². The Kier molecular flexibility index (Phi) is 10.5. The van der Waals surface area contributed by atoms with Gasteiger partial charge in [-0.3, -0.25) is 4.79 Å². The van der Waals surface area contributed by atoms with Crippen LogP contribution in [0.5, 0.6) is 5.88 Å². The van der Waals surface area contributed by atoms with Crippen LogP contribution in [0.15, 0.2) is 79.0 Å². The Morgan fingerprint density at radius 2 is 1.85 bits per heavy atom. The molecule has 1 aliphatic carbocycles. The third kappa shape index (κ3) is 8.39. The Hall–Kier alpha value is -4.55. The third-order valence-corrected chi connectivity index (χ3v) is 10.3.